The van der Waals surface area contributed by atoms with E-state index in [-0.39, 0.29) is 6.04 Å². The molecule has 234 valence electrons. The Labute approximate surface area is 282 Å². The summed E-state index contributed by atoms with van der Waals surface area (Å²) >= 11 is 0. The van der Waals surface area contributed by atoms with Gasteiger partial charge in [-0.3, -0.25) is 0 Å². The van der Waals surface area contributed by atoms with E-state index in [4.69, 9.17) is 14.4 Å². The minimum atomic E-state index is 0.257. The molecule has 1 saturated heterocycles. The second kappa shape index (κ2) is 10.3. The third-order valence-electron chi connectivity index (χ3n) is 10.4. The second-order valence-electron chi connectivity index (χ2n) is 13.4. The monoisotopic (exact) mass is 633 g/mol. The van der Waals surface area contributed by atoms with Gasteiger partial charge in [0.25, 0.3) is 0 Å². The second-order valence-corrected chi connectivity index (χ2v) is 13.4. The summed E-state index contributed by atoms with van der Waals surface area (Å²) in [5.74, 6) is 0.377. The Bertz CT molecular complexity index is 2780. The lowest BCUT2D eigenvalue weighted by molar-refractivity contribution is 0.652. The van der Waals surface area contributed by atoms with Crippen LogP contribution in [0.5, 0.6) is 0 Å². The zero-order valence-electron chi connectivity index (χ0n) is 26.7. The number of fused-ring (bicyclic) bond motifs is 8. The Kier molecular flexibility index (Phi) is 5.66. The van der Waals surface area contributed by atoms with Crippen LogP contribution in [0, 0.1) is 5.92 Å². The number of nitrogens with one attached hydrogen (secondary N) is 2. The predicted octanol–water partition coefficient (Wildman–Crippen LogP) is 9.38. The standard InChI is InChI=1S/C43H31N5O/c1-2-9-27-23-38-32(20-26(27)8-1)30-11-3-5-13-36(30)48(38)37-18-17-28(21-33(37)35-24-45-35)41-40(29-16-15-25-10-7-19-44-34(25)22-29)46-42-31-12-4-6-14-39(31)49-43(42)47-41/h1-14,16-18,20-23,25,35,44-45H,15,19,24H2. The van der Waals surface area contributed by atoms with Crippen molar-refractivity contribution in [3.63, 3.8) is 0 Å². The largest absolute Gasteiger partial charge is 0.436 e. The lowest BCUT2D eigenvalue weighted by Gasteiger charge is -2.25. The lowest BCUT2D eigenvalue weighted by atomic mass is 9.88. The highest BCUT2D eigenvalue weighted by molar-refractivity contribution is 6.13. The van der Waals surface area contributed by atoms with Crippen LogP contribution in [0.25, 0.3) is 77.3 Å². The molecule has 3 aromatic heterocycles. The van der Waals surface area contributed by atoms with Crippen LogP contribution >= 0.6 is 0 Å². The van der Waals surface area contributed by atoms with Gasteiger partial charge in [-0.25, -0.2) is 9.97 Å². The number of hydrogen-bond donors (Lipinski definition) is 2. The molecule has 5 heterocycles. The molecule has 1 aliphatic carbocycles. The van der Waals surface area contributed by atoms with Gasteiger partial charge in [0.2, 0.25) is 5.71 Å². The number of benzene rings is 5. The highest BCUT2D eigenvalue weighted by atomic mass is 16.3. The number of allylic oxidation sites excluding steroid dienone is 4. The van der Waals surface area contributed by atoms with Gasteiger partial charge >= 0.3 is 0 Å². The molecule has 6 nitrogen and oxygen atoms in total. The van der Waals surface area contributed by atoms with Gasteiger partial charge in [-0.2, -0.15) is 0 Å². The van der Waals surface area contributed by atoms with Gasteiger partial charge in [0.15, 0.2) is 0 Å². The quantitative estimate of drug-likeness (QED) is 0.149. The molecule has 49 heavy (non-hydrogen) atoms. The van der Waals surface area contributed by atoms with E-state index < -0.39 is 0 Å². The third kappa shape index (κ3) is 4.17. The summed E-state index contributed by atoms with van der Waals surface area (Å²) in [7, 11) is 0. The number of para-hydroxylation sites is 2. The fourth-order valence-corrected chi connectivity index (χ4v) is 7.96. The van der Waals surface area contributed by atoms with Gasteiger partial charge in [-0.1, -0.05) is 78.9 Å². The van der Waals surface area contributed by atoms with Crippen LogP contribution in [0.15, 0.2) is 138 Å². The molecule has 0 radical (unpaired) electrons. The van der Waals surface area contributed by atoms with Crippen molar-refractivity contribution >= 4 is 60.4 Å². The number of nitrogens with zero attached hydrogens (tertiary/aromatic N) is 3. The van der Waals surface area contributed by atoms with Crippen molar-refractivity contribution < 1.29 is 4.42 Å². The first-order valence-electron chi connectivity index (χ1n) is 17.1. The zero-order valence-corrected chi connectivity index (χ0v) is 26.7. The van der Waals surface area contributed by atoms with Gasteiger partial charge < -0.3 is 19.6 Å². The molecule has 6 heteroatoms. The number of rotatable bonds is 4. The van der Waals surface area contributed by atoms with Crippen LogP contribution < -0.4 is 10.6 Å². The van der Waals surface area contributed by atoms with E-state index in [1.165, 1.54) is 49.5 Å². The Morgan fingerprint density at radius 2 is 1.57 bits per heavy atom. The van der Waals surface area contributed by atoms with Crippen molar-refractivity contribution in [2.24, 2.45) is 5.92 Å². The van der Waals surface area contributed by atoms with Crippen molar-refractivity contribution in [2.75, 3.05) is 13.1 Å². The maximum atomic E-state index is 6.30. The summed E-state index contributed by atoms with van der Waals surface area (Å²) in [4.78, 5) is 10.6. The average molecular weight is 634 g/mol. The van der Waals surface area contributed by atoms with E-state index in [9.17, 15) is 0 Å². The molecular weight excluding hydrogens is 603 g/mol. The predicted molar refractivity (Wildman–Crippen MR) is 199 cm³/mol. The fraction of sp³-hybridized carbons (Fsp3) is 0.116. The molecule has 1 fully saturated rings. The van der Waals surface area contributed by atoms with E-state index in [0.29, 0.717) is 11.6 Å². The van der Waals surface area contributed by atoms with Crippen LogP contribution in [-0.2, 0) is 0 Å². The summed E-state index contributed by atoms with van der Waals surface area (Å²) in [6.07, 6.45) is 10.0. The molecule has 3 aliphatic rings. The van der Waals surface area contributed by atoms with Gasteiger partial charge in [-0.05, 0) is 71.3 Å². The summed E-state index contributed by atoms with van der Waals surface area (Å²) in [5, 5.41) is 13.2. The highest BCUT2D eigenvalue weighted by Crippen LogP contribution is 2.41. The first-order chi connectivity index (χ1) is 24.3. The van der Waals surface area contributed by atoms with Crippen LogP contribution in [0.3, 0.4) is 0 Å². The summed E-state index contributed by atoms with van der Waals surface area (Å²) < 4.78 is 8.75. The van der Waals surface area contributed by atoms with E-state index in [2.05, 4.69) is 124 Å². The third-order valence-corrected chi connectivity index (χ3v) is 10.4. The Morgan fingerprint density at radius 3 is 2.47 bits per heavy atom. The minimum absolute atomic E-state index is 0.257. The number of hydrogen-bond acceptors (Lipinski definition) is 5. The Balaban J connectivity index is 1.15. The smallest absolute Gasteiger partial charge is 0.246 e. The highest BCUT2D eigenvalue weighted by Gasteiger charge is 2.29. The van der Waals surface area contributed by atoms with E-state index >= 15 is 0 Å². The van der Waals surface area contributed by atoms with Gasteiger partial charge in [0.1, 0.15) is 16.8 Å². The molecule has 2 N–H and O–H groups in total. The fourth-order valence-electron chi connectivity index (χ4n) is 7.96. The minimum Gasteiger partial charge on any atom is -0.436 e. The number of aromatic nitrogens is 3. The normalized spacial score (nSPS) is 18.6. The molecule has 2 atom stereocenters. The lowest BCUT2D eigenvalue weighted by Crippen LogP contribution is -2.25. The van der Waals surface area contributed by atoms with Crippen molar-refractivity contribution in [3.8, 4) is 16.9 Å². The molecular formula is C43H31N5O. The summed E-state index contributed by atoms with van der Waals surface area (Å²) in [5.41, 5.74) is 12.1. The molecule has 0 amide bonds. The van der Waals surface area contributed by atoms with Gasteiger partial charge in [0, 0.05) is 58.0 Å². The van der Waals surface area contributed by atoms with Crippen molar-refractivity contribution in [1.82, 2.24) is 25.2 Å². The maximum absolute atomic E-state index is 6.30. The Morgan fingerprint density at radius 1 is 0.755 bits per heavy atom. The molecule has 5 aromatic carbocycles. The summed E-state index contributed by atoms with van der Waals surface area (Å²) in [6, 6.07) is 37.2. The first-order valence-corrected chi connectivity index (χ1v) is 17.1. The van der Waals surface area contributed by atoms with E-state index in [0.717, 1.165) is 58.5 Å². The first kappa shape index (κ1) is 27.0. The number of furan rings is 1. The van der Waals surface area contributed by atoms with Crippen LogP contribution in [0.1, 0.15) is 23.7 Å². The zero-order chi connectivity index (χ0) is 32.1. The van der Waals surface area contributed by atoms with E-state index in [1.807, 2.05) is 18.2 Å². The van der Waals surface area contributed by atoms with Crippen LogP contribution in [-0.4, -0.2) is 27.6 Å². The van der Waals surface area contributed by atoms with Crippen molar-refractivity contribution in [1.29, 1.82) is 0 Å². The summed E-state index contributed by atoms with van der Waals surface area (Å²) in [6.45, 7) is 1.78. The molecule has 0 saturated carbocycles. The van der Waals surface area contributed by atoms with Crippen LogP contribution in [0.2, 0.25) is 0 Å². The SMILES string of the molecule is C1=CC2CC=C(c3nc4c(nc3-c3ccc(-n5c6ccccc6c6cc7ccccc7cc65)c(C5CN5)c3)oc3ccccc34)C=C2NC1. The molecule has 0 spiro atoms. The molecule has 0 bridgehead atoms. The average Bonchev–Trinajstić information content (AvgIpc) is 3.88. The maximum Gasteiger partial charge on any atom is 0.246 e. The molecule has 2 aliphatic heterocycles. The molecule has 2 unspecified atom stereocenters. The Hall–Kier alpha value is -5.98. The molecule has 8 aromatic rings. The van der Waals surface area contributed by atoms with Crippen LogP contribution in [0.4, 0.5) is 0 Å². The van der Waals surface area contributed by atoms with Gasteiger partial charge in [0.05, 0.1) is 22.4 Å². The van der Waals surface area contributed by atoms with E-state index in [1.54, 1.807) is 0 Å². The molecule has 11 rings (SSSR count). The van der Waals surface area contributed by atoms with Crippen molar-refractivity contribution in [3.05, 3.63) is 144 Å². The van der Waals surface area contributed by atoms with Crippen molar-refractivity contribution in [2.45, 2.75) is 12.5 Å². The van der Waals surface area contributed by atoms with Gasteiger partial charge in [-0.15, -0.1) is 0 Å². The topological polar surface area (TPSA) is 77.8 Å².